The molecule has 0 atom stereocenters. The first-order chi connectivity index (χ1) is 11.3. The summed E-state index contributed by atoms with van der Waals surface area (Å²) in [5.74, 6) is 1.02. The summed E-state index contributed by atoms with van der Waals surface area (Å²) in [5, 5.41) is 3.41. The van der Waals surface area contributed by atoms with Crippen LogP contribution in [0.4, 0.5) is 5.82 Å². The number of carbonyl (C=O) groups excluding carboxylic acids is 1. The van der Waals surface area contributed by atoms with Gasteiger partial charge in [0.1, 0.15) is 5.82 Å². The molecule has 0 aliphatic carbocycles. The average Bonchev–Trinajstić information content (AvgIpc) is 3.02. The molecule has 3 nitrogen and oxygen atoms in total. The number of nitrogens with zero attached hydrogens (tertiary/aromatic N) is 1. The SMILES string of the molecule is O=C(c1ccccc1)c1cc(-c2ccccc2)n2c1NCCC2. The number of hydrogen-bond acceptors (Lipinski definition) is 2. The molecule has 3 aromatic rings. The summed E-state index contributed by atoms with van der Waals surface area (Å²) >= 11 is 0. The number of aromatic nitrogens is 1. The molecule has 2 heterocycles. The Morgan fingerprint density at radius 1 is 0.957 bits per heavy atom. The van der Waals surface area contributed by atoms with Gasteiger partial charge in [0.05, 0.1) is 11.3 Å². The van der Waals surface area contributed by atoms with Gasteiger partial charge in [0.25, 0.3) is 0 Å². The molecule has 2 aromatic carbocycles. The van der Waals surface area contributed by atoms with Crippen molar-refractivity contribution in [2.45, 2.75) is 13.0 Å². The standard InChI is InChI=1S/C20H18N2O/c23-19(16-10-5-2-6-11-16)17-14-18(15-8-3-1-4-9-15)22-13-7-12-21-20(17)22/h1-6,8-11,14,21H,7,12-13H2. The van der Waals surface area contributed by atoms with E-state index in [1.807, 2.05) is 54.6 Å². The Bertz CT molecular complexity index is 835. The van der Waals surface area contributed by atoms with Gasteiger partial charge < -0.3 is 9.88 Å². The molecule has 0 amide bonds. The van der Waals surface area contributed by atoms with Crippen molar-refractivity contribution in [1.82, 2.24) is 4.57 Å². The Morgan fingerprint density at radius 2 is 1.65 bits per heavy atom. The molecule has 0 spiro atoms. The summed E-state index contributed by atoms with van der Waals surface area (Å²) in [6.45, 7) is 1.85. The number of anilines is 1. The van der Waals surface area contributed by atoms with Crippen LogP contribution in [0, 0.1) is 0 Å². The van der Waals surface area contributed by atoms with E-state index in [1.54, 1.807) is 0 Å². The van der Waals surface area contributed by atoms with Crippen LogP contribution in [-0.2, 0) is 6.54 Å². The maximum atomic E-state index is 12.9. The van der Waals surface area contributed by atoms with Crippen molar-refractivity contribution in [3.63, 3.8) is 0 Å². The van der Waals surface area contributed by atoms with Crippen LogP contribution < -0.4 is 5.32 Å². The van der Waals surface area contributed by atoms with Crippen molar-refractivity contribution in [3.05, 3.63) is 77.9 Å². The Labute approximate surface area is 135 Å². The van der Waals surface area contributed by atoms with Crippen LogP contribution >= 0.6 is 0 Å². The van der Waals surface area contributed by atoms with E-state index in [0.29, 0.717) is 0 Å². The monoisotopic (exact) mass is 302 g/mol. The molecule has 1 aliphatic heterocycles. The van der Waals surface area contributed by atoms with Crippen LogP contribution in [0.25, 0.3) is 11.3 Å². The van der Waals surface area contributed by atoms with Crippen LogP contribution in [0.2, 0.25) is 0 Å². The minimum Gasteiger partial charge on any atom is -0.371 e. The maximum Gasteiger partial charge on any atom is 0.196 e. The average molecular weight is 302 g/mol. The zero-order valence-corrected chi connectivity index (χ0v) is 12.8. The van der Waals surface area contributed by atoms with E-state index >= 15 is 0 Å². The van der Waals surface area contributed by atoms with Crippen molar-refractivity contribution >= 4 is 11.6 Å². The van der Waals surface area contributed by atoms with E-state index < -0.39 is 0 Å². The van der Waals surface area contributed by atoms with Crippen molar-refractivity contribution in [3.8, 4) is 11.3 Å². The fourth-order valence-electron chi connectivity index (χ4n) is 3.18. The molecule has 0 bridgehead atoms. The Hall–Kier alpha value is -2.81. The molecule has 1 aromatic heterocycles. The van der Waals surface area contributed by atoms with E-state index in [4.69, 9.17) is 0 Å². The van der Waals surface area contributed by atoms with Crippen LogP contribution in [0.15, 0.2) is 66.7 Å². The summed E-state index contributed by atoms with van der Waals surface area (Å²) in [6.07, 6.45) is 1.07. The lowest BCUT2D eigenvalue weighted by Crippen LogP contribution is -2.19. The topological polar surface area (TPSA) is 34.0 Å². The zero-order chi connectivity index (χ0) is 15.6. The number of carbonyl (C=O) groups is 1. The fourth-order valence-corrected chi connectivity index (χ4v) is 3.18. The first-order valence-electron chi connectivity index (χ1n) is 7.97. The van der Waals surface area contributed by atoms with E-state index in [0.717, 1.165) is 47.7 Å². The molecule has 0 radical (unpaired) electrons. The van der Waals surface area contributed by atoms with Crippen molar-refractivity contribution in [2.75, 3.05) is 11.9 Å². The number of nitrogens with one attached hydrogen (secondary N) is 1. The quantitative estimate of drug-likeness (QED) is 0.736. The number of hydrogen-bond donors (Lipinski definition) is 1. The fraction of sp³-hybridized carbons (Fsp3) is 0.150. The summed E-state index contributed by atoms with van der Waals surface area (Å²) in [4.78, 5) is 12.9. The van der Waals surface area contributed by atoms with Gasteiger partial charge in [-0.15, -0.1) is 0 Å². The molecular weight excluding hydrogens is 284 g/mol. The third-order valence-electron chi connectivity index (χ3n) is 4.30. The molecule has 114 valence electrons. The summed E-state index contributed by atoms with van der Waals surface area (Å²) in [7, 11) is 0. The molecular formula is C20H18N2O. The molecule has 0 fully saturated rings. The Morgan fingerprint density at radius 3 is 2.39 bits per heavy atom. The highest BCUT2D eigenvalue weighted by Crippen LogP contribution is 2.33. The largest absolute Gasteiger partial charge is 0.371 e. The van der Waals surface area contributed by atoms with E-state index in [9.17, 15) is 4.79 Å². The Balaban J connectivity index is 1.85. The van der Waals surface area contributed by atoms with Gasteiger partial charge in [-0.3, -0.25) is 4.79 Å². The van der Waals surface area contributed by atoms with Gasteiger partial charge in [0.2, 0.25) is 0 Å². The second-order valence-electron chi connectivity index (χ2n) is 5.79. The predicted octanol–water partition coefficient (Wildman–Crippen LogP) is 4.20. The minimum absolute atomic E-state index is 0.0749. The number of ketones is 1. The lowest BCUT2D eigenvalue weighted by molar-refractivity contribution is 0.103. The second kappa shape index (κ2) is 5.76. The van der Waals surface area contributed by atoms with Gasteiger partial charge in [-0.25, -0.2) is 0 Å². The summed E-state index contributed by atoms with van der Waals surface area (Å²) in [5.41, 5.74) is 3.74. The molecule has 0 unspecified atom stereocenters. The van der Waals surface area contributed by atoms with Gasteiger partial charge in [-0.05, 0) is 18.1 Å². The smallest absolute Gasteiger partial charge is 0.196 e. The van der Waals surface area contributed by atoms with E-state index in [-0.39, 0.29) is 5.78 Å². The van der Waals surface area contributed by atoms with E-state index in [2.05, 4.69) is 22.0 Å². The third kappa shape index (κ3) is 2.44. The van der Waals surface area contributed by atoms with Crippen LogP contribution in [0.3, 0.4) is 0 Å². The predicted molar refractivity (Wildman–Crippen MR) is 92.8 cm³/mol. The highest BCUT2D eigenvalue weighted by Gasteiger charge is 2.23. The lowest BCUT2D eigenvalue weighted by atomic mass is 10.0. The van der Waals surface area contributed by atoms with Crippen LogP contribution in [0.5, 0.6) is 0 Å². The third-order valence-corrected chi connectivity index (χ3v) is 4.30. The summed E-state index contributed by atoms with van der Waals surface area (Å²) in [6, 6.07) is 21.8. The van der Waals surface area contributed by atoms with E-state index in [1.165, 1.54) is 0 Å². The highest BCUT2D eigenvalue weighted by molar-refractivity contribution is 6.13. The minimum atomic E-state index is 0.0749. The van der Waals surface area contributed by atoms with Gasteiger partial charge in [0, 0.05) is 18.7 Å². The first-order valence-corrected chi connectivity index (χ1v) is 7.97. The van der Waals surface area contributed by atoms with Crippen LogP contribution in [0.1, 0.15) is 22.3 Å². The van der Waals surface area contributed by atoms with Gasteiger partial charge in [0.15, 0.2) is 5.78 Å². The highest BCUT2D eigenvalue weighted by atomic mass is 16.1. The molecule has 1 N–H and O–H groups in total. The van der Waals surface area contributed by atoms with Crippen molar-refractivity contribution in [2.24, 2.45) is 0 Å². The maximum absolute atomic E-state index is 12.9. The van der Waals surface area contributed by atoms with Gasteiger partial charge in [-0.2, -0.15) is 0 Å². The number of benzene rings is 2. The molecule has 0 saturated heterocycles. The lowest BCUT2D eigenvalue weighted by Gasteiger charge is -2.20. The zero-order valence-electron chi connectivity index (χ0n) is 12.8. The number of fused-ring (bicyclic) bond motifs is 1. The first kappa shape index (κ1) is 13.8. The van der Waals surface area contributed by atoms with Crippen molar-refractivity contribution in [1.29, 1.82) is 0 Å². The molecule has 4 rings (SSSR count). The molecule has 0 saturated carbocycles. The molecule has 23 heavy (non-hydrogen) atoms. The Kier molecular flexibility index (Phi) is 3.46. The summed E-state index contributed by atoms with van der Waals surface area (Å²) < 4.78 is 2.23. The number of rotatable bonds is 3. The van der Waals surface area contributed by atoms with Gasteiger partial charge >= 0.3 is 0 Å². The second-order valence-corrected chi connectivity index (χ2v) is 5.79. The van der Waals surface area contributed by atoms with Gasteiger partial charge in [-0.1, -0.05) is 60.7 Å². The van der Waals surface area contributed by atoms with Crippen LogP contribution in [-0.4, -0.2) is 16.9 Å². The molecule has 1 aliphatic rings. The normalized spacial score (nSPS) is 13.2. The molecule has 3 heteroatoms. The van der Waals surface area contributed by atoms with Crippen molar-refractivity contribution < 1.29 is 4.79 Å².